The van der Waals surface area contributed by atoms with Gasteiger partial charge in [0.05, 0.1) is 19.4 Å². The predicted molar refractivity (Wildman–Crippen MR) is 243 cm³/mol. The molecule has 2 aromatic heterocycles. The van der Waals surface area contributed by atoms with Gasteiger partial charge >= 0.3 is 13.8 Å². The molecular weight excluding hydrogens is 888 g/mol. The highest BCUT2D eigenvalue weighted by atomic mass is 31.2. The molecule has 1 aliphatic rings. The van der Waals surface area contributed by atoms with Crippen molar-refractivity contribution in [3.63, 3.8) is 0 Å². The van der Waals surface area contributed by atoms with E-state index in [4.69, 9.17) is 14.5 Å². The third kappa shape index (κ3) is 12.8. The third-order valence-corrected chi connectivity index (χ3v) is 11.8. The van der Waals surface area contributed by atoms with Crippen LogP contribution in [0, 0.1) is 0 Å². The molecule has 0 bridgehead atoms. The first-order valence-electron chi connectivity index (χ1n) is 21.5. The number of ether oxygens (including phenoxy) is 1. The van der Waals surface area contributed by atoms with Crippen LogP contribution in [-0.4, -0.2) is 118 Å². The van der Waals surface area contributed by atoms with Gasteiger partial charge < -0.3 is 51.1 Å². The number of phosphoric ester groups is 1. The van der Waals surface area contributed by atoms with Crippen molar-refractivity contribution in [1.29, 1.82) is 0 Å². The van der Waals surface area contributed by atoms with E-state index < -0.39 is 74.9 Å². The molecule has 3 amide bonds. The maximum absolute atomic E-state index is 14.2. The second-order valence-corrected chi connectivity index (χ2v) is 17.3. The van der Waals surface area contributed by atoms with Gasteiger partial charge in [-0.05, 0) is 46.7 Å². The Kier molecular flexibility index (Phi) is 16.0. The van der Waals surface area contributed by atoms with E-state index in [2.05, 4.69) is 40.7 Å². The standard InChI is InChI=1S/C46H51N8O12P/c55-37(24-31-18-11-17-30-16-7-8-19-32(30)31)51-34(22-28-12-3-1-4-13-28)43(58)53-35(23-29-14-5-2-6-15-29)44(59)52-33(46(60)61)20-9-10-21-47-41-38-42(49-26-48-41)54(27-50-38)45-40(57)39(56)36(66-45)25-65-67(62,63)64/h1-8,11-19,26-27,33-36,39-40,45,56-57H,9-10,20-25H2,(H,51,55)(H,52,59)(H,53,58)(H,60,61)(H,47,48,49)(H2,62,63,64)/t33-,34-,35-,36+,39+,40+,45+/m0/s1. The zero-order valence-corrected chi connectivity index (χ0v) is 36.9. The zero-order valence-electron chi connectivity index (χ0n) is 36.0. The number of hydrogen-bond donors (Lipinski definition) is 9. The van der Waals surface area contributed by atoms with Crippen molar-refractivity contribution in [3.05, 3.63) is 132 Å². The number of imidazole rings is 1. The highest BCUT2D eigenvalue weighted by Crippen LogP contribution is 2.39. The van der Waals surface area contributed by atoms with E-state index in [0.717, 1.165) is 21.9 Å². The second-order valence-electron chi connectivity index (χ2n) is 16.1. The number of aliphatic hydroxyl groups is 2. The molecule has 0 unspecified atom stereocenters. The summed E-state index contributed by atoms with van der Waals surface area (Å²) in [5, 5.41) is 44.6. The molecule has 0 spiro atoms. The number of carbonyl (C=O) groups excluding carboxylic acids is 3. The van der Waals surface area contributed by atoms with E-state index in [1.807, 2.05) is 78.9 Å². The first kappa shape index (κ1) is 48.3. The SMILES string of the molecule is O=C(Cc1cccc2ccccc12)N[C@@H](Cc1ccccc1)C(=O)N[C@@H](Cc1ccccc1)C(=O)N[C@@H](CCCCNc1ncnc2c1ncn2[C@@H]1O[C@H](COP(=O)(O)O)[C@@H](O)[C@H]1O)C(=O)O. The monoisotopic (exact) mass is 938 g/mol. The van der Waals surface area contributed by atoms with Crippen LogP contribution in [0.15, 0.2) is 116 Å². The number of carboxylic acid groups (broad SMARTS) is 1. The number of aliphatic hydroxyl groups excluding tert-OH is 2. The zero-order chi connectivity index (χ0) is 47.5. The minimum Gasteiger partial charge on any atom is -0.480 e. The minimum atomic E-state index is -4.87. The van der Waals surface area contributed by atoms with Crippen molar-refractivity contribution in [1.82, 2.24) is 35.5 Å². The molecule has 21 heteroatoms. The van der Waals surface area contributed by atoms with Crippen LogP contribution in [0.3, 0.4) is 0 Å². The Labute approximate surface area is 384 Å². The number of unbranched alkanes of at least 4 members (excludes halogenated alkanes) is 1. The average molecular weight is 939 g/mol. The fraction of sp³-hybridized carbons (Fsp3) is 0.326. The maximum Gasteiger partial charge on any atom is 0.469 e. The van der Waals surface area contributed by atoms with Gasteiger partial charge in [-0.1, -0.05) is 103 Å². The van der Waals surface area contributed by atoms with E-state index in [0.29, 0.717) is 30.8 Å². The van der Waals surface area contributed by atoms with Crippen LogP contribution in [0.2, 0.25) is 0 Å². The summed E-state index contributed by atoms with van der Waals surface area (Å²) in [4.78, 5) is 85.2. The quantitative estimate of drug-likeness (QED) is 0.0349. The number of carboxylic acids is 1. The van der Waals surface area contributed by atoms with Crippen LogP contribution in [0.4, 0.5) is 5.82 Å². The average Bonchev–Trinajstić information content (AvgIpc) is 3.87. The Morgan fingerprint density at radius 2 is 1.37 bits per heavy atom. The van der Waals surface area contributed by atoms with Gasteiger partial charge in [0.25, 0.3) is 0 Å². The number of phosphoric acid groups is 1. The molecule has 20 nitrogen and oxygen atoms in total. The molecule has 1 saturated heterocycles. The normalized spacial score (nSPS) is 18.5. The lowest BCUT2D eigenvalue weighted by Gasteiger charge is -2.25. The van der Waals surface area contributed by atoms with E-state index in [1.54, 1.807) is 24.3 Å². The van der Waals surface area contributed by atoms with Crippen LogP contribution >= 0.6 is 7.82 Å². The fourth-order valence-electron chi connectivity index (χ4n) is 7.90. The molecule has 1 aliphatic heterocycles. The number of aromatic nitrogens is 4. The van der Waals surface area contributed by atoms with E-state index in [-0.39, 0.29) is 42.8 Å². The first-order valence-corrected chi connectivity index (χ1v) is 23.1. The predicted octanol–water partition coefficient (Wildman–Crippen LogP) is 2.56. The van der Waals surface area contributed by atoms with Gasteiger partial charge in [-0.2, -0.15) is 0 Å². The highest BCUT2D eigenvalue weighted by molar-refractivity contribution is 7.46. The van der Waals surface area contributed by atoms with E-state index in [9.17, 15) is 39.1 Å². The molecule has 6 aromatic rings. The number of anilines is 1. The Morgan fingerprint density at radius 1 is 0.746 bits per heavy atom. The van der Waals surface area contributed by atoms with E-state index >= 15 is 0 Å². The molecule has 67 heavy (non-hydrogen) atoms. The van der Waals surface area contributed by atoms with Gasteiger partial charge in [-0.15, -0.1) is 0 Å². The number of fused-ring (bicyclic) bond motifs is 2. The number of benzene rings is 4. The van der Waals surface area contributed by atoms with Crippen LogP contribution in [0.5, 0.6) is 0 Å². The maximum atomic E-state index is 14.2. The lowest BCUT2D eigenvalue weighted by molar-refractivity contribution is -0.142. The Hall–Kier alpha value is -6.64. The summed E-state index contributed by atoms with van der Waals surface area (Å²) < 4.78 is 22.6. The summed E-state index contributed by atoms with van der Waals surface area (Å²) in [6, 6.07) is 27.9. The number of aliphatic carboxylic acids is 1. The number of hydrogen-bond acceptors (Lipinski definition) is 13. The second kappa shape index (κ2) is 22.2. The lowest BCUT2D eigenvalue weighted by Crippen LogP contribution is -2.57. The highest BCUT2D eigenvalue weighted by Gasteiger charge is 2.45. The van der Waals surface area contributed by atoms with Crippen molar-refractivity contribution >= 4 is 59.3 Å². The summed E-state index contributed by atoms with van der Waals surface area (Å²) >= 11 is 0. The van der Waals surface area contributed by atoms with Crippen LogP contribution < -0.4 is 21.3 Å². The molecular formula is C46H51N8O12P. The molecule has 7 rings (SSSR count). The molecule has 1 fully saturated rings. The van der Waals surface area contributed by atoms with Crippen LogP contribution in [0.25, 0.3) is 21.9 Å². The van der Waals surface area contributed by atoms with Gasteiger partial charge in [0.2, 0.25) is 17.7 Å². The van der Waals surface area contributed by atoms with Crippen LogP contribution in [0.1, 0.15) is 42.2 Å². The van der Waals surface area contributed by atoms with Crippen molar-refractivity contribution < 1.29 is 58.1 Å². The van der Waals surface area contributed by atoms with Gasteiger partial charge in [-0.3, -0.25) is 23.5 Å². The summed E-state index contributed by atoms with van der Waals surface area (Å²) in [6.07, 6.45) is -2.02. The Balaban J connectivity index is 0.975. The van der Waals surface area contributed by atoms with Gasteiger partial charge in [0, 0.05) is 19.4 Å². The number of nitrogens with zero attached hydrogens (tertiary/aromatic N) is 4. The van der Waals surface area contributed by atoms with Gasteiger partial charge in [0.15, 0.2) is 23.2 Å². The summed E-state index contributed by atoms with van der Waals surface area (Å²) in [5.41, 5.74) is 2.77. The van der Waals surface area contributed by atoms with Gasteiger partial charge in [0.1, 0.15) is 42.8 Å². The summed E-state index contributed by atoms with van der Waals surface area (Å²) in [7, 11) is -4.87. The largest absolute Gasteiger partial charge is 0.480 e. The first-order chi connectivity index (χ1) is 32.2. The van der Waals surface area contributed by atoms with Crippen molar-refractivity contribution in [2.45, 2.75) is 81.2 Å². The number of carbonyl (C=O) groups is 4. The minimum absolute atomic E-state index is 0.00838. The fourth-order valence-corrected chi connectivity index (χ4v) is 8.24. The van der Waals surface area contributed by atoms with Crippen molar-refractivity contribution in [2.75, 3.05) is 18.5 Å². The topological polar surface area (TPSA) is 297 Å². The lowest BCUT2D eigenvalue weighted by atomic mass is 10.0. The number of nitrogens with one attached hydrogen (secondary N) is 4. The van der Waals surface area contributed by atoms with Crippen molar-refractivity contribution in [2.24, 2.45) is 0 Å². The molecule has 0 radical (unpaired) electrons. The molecule has 352 valence electrons. The molecule has 0 saturated carbocycles. The van der Waals surface area contributed by atoms with E-state index in [1.165, 1.54) is 17.2 Å². The molecule has 9 N–H and O–H groups in total. The number of rotatable bonds is 22. The Morgan fingerprint density at radius 3 is 2.04 bits per heavy atom. The molecule has 7 atom stereocenters. The number of amides is 3. The molecule has 3 heterocycles. The summed E-state index contributed by atoms with van der Waals surface area (Å²) in [5.74, 6) is -2.69. The smallest absolute Gasteiger partial charge is 0.469 e. The summed E-state index contributed by atoms with van der Waals surface area (Å²) in [6.45, 7) is -0.390. The molecule has 0 aliphatic carbocycles. The van der Waals surface area contributed by atoms with Gasteiger partial charge in [-0.25, -0.2) is 24.3 Å². The van der Waals surface area contributed by atoms with Crippen LogP contribution in [-0.2, 0) is 52.3 Å². The van der Waals surface area contributed by atoms with Crippen molar-refractivity contribution in [3.8, 4) is 0 Å². The molecule has 4 aromatic carbocycles. The Bertz CT molecular complexity index is 2700. The third-order valence-electron chi connectivity index (χ3n) is 11.3.